The summed E-state index contributed by atoms with van der Waals surface area (Å²) < 4.78 is 0. The zero-order valence-corrected chi connectivity index (χ0v) is 13.0. The van der Waals surface area contributed by atoms with E-state index < -0.39 is 12.1 Å². The summed E-state index contributed by atoms with van der Waals surface area (Å²) in [6.45, 7) is 4.64. The van der Waals surface area contributed by atoms with E-state index in [4.69, 9.17) is 0 Å². The second-order valence-electron chi connectivity index (χ2n) is 5.81. The lowest BCUT2D eigenvalue weighted by atomic mass is 10.1. The molecule has 6 nitrogen and oxygen atoms in total. The Morgan fingerprint density at radius 2 is 2.09 bits per heavy atom. The highest BCUT2D eigenvalue weighted by molar-refractivity contribution is 6.01. The van der Waals surface area contributed by atoms with Crippen LogP contribution in [0.5, 0.6) is 0 Å². The molecule has 1 aromatic carbocycles. The smallest absolute Gasteiger partial charge is 0.319 e. The van der Waals surface area contributed by atoms with Crippen molar-refractivity contribution >= 4 is 23.3 Å². The number of carbonyl (C=O) groups excluding carboxylic acids is 2. The van der Waals surface area contributed by atoms with Crippen LogP contribution in [0.25, 0.3) is 0 Å². The molecule has 120 valence electrons. The van der Waals surface area contributed by atoms with Gasteiger partial charge in [-0.3, -0.25) is 4.79 Å². The average Bonchev–Trinajstić information content (AvgIpc) is 2.91. The molecule has 0 radical (unpaired) electrons. The normalized spacial score (nSPS) is 16.0. The summed E-state index contributed by atoms with van der Waals surface area (Å²) in [5.74, 6) is 0.152. The van der Waals surface area contributed by atoms with Crippen molar-refractivity contribution in [1.82, 2.24) is 5.32 Å². The first-order valence-corrected chi connectivity index (χ1v) is 7.61. The van der Waals surface area contributed by atoms with Gasteiger partial charge in [-0.2, -0.15) is 0 Å². The Hall–Kier alpha value is -2.08. The van der Waals surface area contributed by atoms with Crippen LogP contribution in [0.4, 0.5) is 16.2 Å². The minimum Gasteiger partial charge on any atom is -0.391 e. The van der Waals surface area contributed by atoms with Crippen LogP contribution in [0.1, 0.15) is 26.7 Å². The number of urea groups is 1. The van der Waals surface area contributed by atoms with Crippen molar-refractivity contribution < 1.29 is 14.7 Å². The van der Waals surface area contributed by atoms with Crippen LogP contribution in [0.2, 0.25) is 0 Å². The van der Waals surface area contributed by atoms with Crippen LogP contribution < -0.4 is 15.5 Å². The molecule has 0 spiro atoms. The van der Waals surface area contributed by atoms with Gasteiger partial charge in [0.25, 0.3) is 0 Å². The number of para-hydroxylation sites is 2. The third kappa shape index (κ3) is 3.98. The second-order valence-corrected chi connectivity index (χ2v) is 5.81. The maximum Gasteiger partial charge on any atom is 0.319 e. The molecule has 3 N–H and O–H groups in total. The zero-order chi connectivity index (χ0) is 16.1. The summed E-state index contributed by atoms with van der Waals surface area (Å²) in [6, 6.07) is 6.84. The lowest BCUT2D eigenvalue weighted by Gasteiger charge is -2.20. The van der Waals surface area contributed by atoms with E-state index in [9.17, 15) is 14.7 Å². The minimum atomic E-state index is -0.582. The van der Waals surface area contributed by atoms with Crippen molar-refractivity contribution in [3.05, 3.63) is 24.3 Å². The summed E-state index contributed by atoms with van der Waals surface area (Å²) in [5.41, 5.74) is 1.30. The Kier molecular flexibility index (Phi) is 5.38. The highest BCUT2D eigenvalue weighted by Gasteiger charge is 2.24. The van der Waals surface area contributed by atoms with Gasteiger partial charge in [0.15, 0.2) is 0 Å². The van der Waals surface area contributed by atoms with E-state index in [-0.39, 0.29) is 18.4 Å². The third-order valence-electron chi connectivity index (χ3n) is 3.76. The van der Waals surface area contributed by atoms with Crippen molar-refractivity contribution in [2.75, 3.05) is 23.3 Å². The molecular formula is C16H23N3O3. The van der Waals surface area contributed by atoms with Crippen LogP contribution in [-0.2, 0) is 4.79 Å². The Morgan fingerprint density at radius 1 is 1.36 bits per heavy atom. The Labute approximate surface area is 130 Å². The Morgan fingerprint density at radius 3 is 2.73 bits per heavy atom. The van der Waals surface area contributed by atoms with Crippen LogP contribution in [-0.4, -0.2) is 36.2 Å². The summed E-state index contributed by atoms with van der Waals surface area (Å²) in [4.78, 5) is 25.5. The van der Waals surface area contributed by atoms with Crippen molar-refractivity contribution in [3.63, 3.8) is 0 Å². The molecule has 1 saturated heterocycles. The average molecular weight is 305 g/mol. The molecule has 0 aromatic heterocycles. The van der Waals surface area contributed by atoms with E-state index in [1.807, 2.05) is 32.0 Å². The number of nitrogens with zero attached hydrogens (tertiary/aromatic N) is 1. The molecule has 1 unspecified atom stereocenters. The second kappa shape index (κ2) is 7.26. The van der Waals surface area contributed by atoms with Gasteiger partial charge in [-0.25, -0.2) is 4.79 Å². The molecule has 6 heteroatoms. The van der Waals surface area contributed by atoms with Gasteiger partial charge in [0.2, 0.25) is 5.91 Å². The molecule has 1 fully saturated rings. The highest BCUT2D eigenvalue weighted by atomic mass is 16.3. The maximum atomic E-state index is 12.0. The first kappa shape index (κ1) is 16.3. The van der Waals surface area contributed by atoms with E-state index >= 15 is 0 Å². The van der Waals surface area contributed by atoms with Crippen LogP contribution in [0, 0.1) is 5.92 Å². The van der Waals surface area contributed by atoms with Crippen LogP contribution in [0.15, 0.2) is 24.3 Å². The zero-order valence-electron chi connectivity index (χ0n) is 13.0. The fraction of sp³-hybridized carbons (Fsp3) is 0.500. The molecule has 2 rings (SSSR count). The van der Waals surface area contributed by atoms with E-state index in [0.29, 0.717) is 24.3 Å². The standard InChI is InChI=1S/C16H23N3O3/c1-11(2)14(20)10-17-16(22)18-12-6-3-4-7-13(12)19-9-5-8-15(19)21/h3-4,6-7,11,14,20H,5,8-10H2,1-2H3,(H2,17,18,22). The number of carbonyl (C=O) groups is 2. The molecule has 0 aliphatic carbocycles. The maximum absolute atomic E-state index is 12.0. The Balaban J connectivity index is 2.00. The first-order chi connectivity index (χ1) is 10.5. The number of nitrogens with one attached hydrogen (secondary N) is 2. The summed E-state index contributed by atoms with van der Waals surface area (Å²) >= 11 is 0. The number of aliphatic hydroxyl groups excluding tert-OH is 1. The molecule has 0 bridgehead atoms. The lowest BCUT2D eigenvalue weighted by molar-refractivity contribution is -0.117. The molecule has 1 aliphatic rings. The molecule has 0 saturated carbocycles. The van der Waals surface area contributed by atoms with Gasteiger partial charge < -0.3 is 20.6 Å². The number of hydrogen-bond acceptors (Lipinski definition) is 3. The number of anilines is 2. The van der Waals surface area contributed by atoms with Gasteiger partial charge in [-0.1, -0.05) is 26.0 Å². The Bertz CT molecular complexity index is 545. The van der Waals surface area contributed by atoms with E-state index in [1.54, 1.807) is 11.0 Å². The van der Waals surface area contributed by atoms with Crippen LogP contribution in [0.3, 0.4) is 0 Å². The van der Waals surface area contributed by atoms with Gasteiger partial charge in [0.1, 0.15) is 0 Å². The van der Waals surface area contributed by atoms with Gasteiger partial charge in [-0.15, -0.1) is 0 Å². The van der Waals surface area contributed by atoms with Crippen molar-refractivity contribution in [2.24, 2.45) is 5.92 Å². The van der Waals surface area contributed by atoms with Gasteiger partial charge in [-0.05, 0) is 24.5 Å². The van der Waals surface area contributed by atoms with Crippen LogP contribution >= 0.6 is 0 Å². The molecule has 3 amide bonds. The quantitative estimate of drug-likeness (QED) is 0.777. The molecule has 1 heterocycles. The van der Waals surface area contributed by atoms with Crippen molar-refractivity contribution in [1.29, 1.82) is 0 Å². The van der Waals surface area contributed by atoms with E-state index in [2.05, 4.69) is 10.6 Å². The number of hydrogen-bond donors (Lipinski definition) is 3. The topological polar surface area (TPSA) is 81.7 Å². The number of aliphatic hydroxyl groups is 1. The predicted molar refractivity (Wildman–Crippen MR) is 85.9 cm³/mol. The number of amides is 3. The monoisotopic (exact) mass is 305 g/mol. The summed E-state index contributed by atoms with van der Waals surface area (Å²) in [6.07, 6.45) is 0.794. The van der Waals surface area contributed by atoms with Gasteiger partial charge in [0.05, 0.1) is 17.5 Å². The largest absolute Gasteiger partial charge is 0.391 e. The molecule has 22 heavy (non-hydrogen) atoms. The molecule has 1 aromatic rings. The first-order valence-electron chi connectivity index (χ1n) is 7.61. The number of benzene rings is 1. The third-order valence-corrected chi connectivity index (χ3v) is 3.76. The van der Waals surface area contributed by atoms with Crippen molar-refractivity contribution in [3.8, 4) is 0 Å². The van der Waals surface area contributed by atoms with E-state index in [0.717, 1.165) is 6.42 Å². The molecular weight excluding hydrogens is 282 g/mol. The SMILES string of the molecule is CC(C)C(O)CNC(=O)Nc1ccccc1N1CCCC1=O. The minimum absolute atomic E-state index is 0.0740. The van der Waals surface area contributed by atoms with Gasteiger partial charge >= 0.3 is 6.03 Å². The van der Waals surface area contributed by atoms with E-state index in [1.165, 1.54) is 0 Å². The fourth-order valence-corrected chi connectivity index (χ4v) is 2.32. The summed E-state index contributed by atoms with van der Waals surface area (Å²) in [7, 11) is 0. The predicted octanol–water partition coefficient (Wildman–Crippen LogP) is 1.95. The fourth-order valence-electron chi connectivity index (χ4n) is 2.32. The number of rotatable bonds is 5. The van der Waals surface area contributed by atoms with Gasteiger partial charge in [0, 0.05) is 19.5 Å². The summed E-state index contributed by atoms with van der Waals surface area (Å²) in [5, 5.41) is 15.1. The highest BCUT2D eigenvalue weighted by Crippen LogP contribution is 2.29. The van der Waals surface area contributed by atoms with Crippen molar-refractivity contribution in [2.45, 2.75) is 32.8 Å². The molecule has 1 aliphatic heterocycles. The lowest BCUT2D eigenvalue weighted by Crippen LogP contribution is -2.37. The molecule has 1 atom stereocenters.